The molecule has 0 aliphatic carbocycles. The van der Waals surface area contributed by atoms with Gasteiger partial charge in [0.1, 0.15) is 5.82 Å². The second-order valence-corrected chi connectivity index (χ2v) is 6.04. The average molecular weight is 303 g/mol. The van der Waals surface area contributed by atoms with Gasteiger partial charge in [-0.1, -0.05) is 6.07 Å². The predicted octanol–water partition coefficient (Wildman–Crippen LogP) is 2.87. The first kappa shape index (κ1) is 15.0. The molecule has 1 aliphatic rings. The normalized spacial score (nSPS) is 18.8. The Labute approximate surface area is 130 Å². The number of imidazole rings is 1. The van der Waals surface area contributed by atoms with Gasteiger partial charge < -0.3 is 9.30 Å². The smallest absolute Gasteiger partial charge is 0.165 e. The first-order valence-corrected chi connectivity index (χ1v) is 7.61. The zero-order valence-electron chi connectivity index (χ0n) is 13.3. The summed E-state index contributed by atoms with van der Waals surface area (Å²) in [5.74, 6) is 1.64. The molecule has 0 N–H and O–H groups in total. The van der Waals surface area contributed by atoms with Gasteiger partial charge in [0, 0.05) is 32.3 Å². The highest BCUT2D eigenvalue weighted by molar-refractivity contribution is 5.30. The highest BCUT2D eigenvalue weighted by atomic mass is 19.1. The van der Waals surface area contributed by atoms with Crippen LogP contribution in [0.4, 0.5) is 4.39 Å². The third-order valence-corrected chi connectivity index (χ3v) is 4.29. The first-order valence-electron chi connectivity index (χ1n) is 7.61. The summed E-state index contributed by atoms with van der Waals surface area (Å²) in [5, 5.41) is 0. The standard InChI is InChI=1S/C17H22FN3O/c1-12-9-20(2)17(19-12)14-6-7-21(11-14)10-13-4-5-15(18)16(8-13)22-3/h4-5,8-9,14H,6-7,10-11H2,1-3H3/t14-/m0/s1. The molecule has 0 bridgehead atoms. The van der Waals surface area contributed by atoms with Gasteiger partial charge in [0.15, 0.2) is 11.6 Å². The Balaban J connectivity index is 1.67. The number of benzene rings is 1. The number of likely N-dealkylation sites (tertiary alicyclic amines) is 1. The molecule has 22 heavy (non-hydrogen) atoms. The van der Waals surface area contributed by atoms with Crippen LogP contribution in [-0.2, 0) is 13.6 Å². The third-order valence-electron chi connectivity index (χ3n) is 4.29. The van der Waals surface area contributed by atoms with Gasteiger partial charge in [-0.05, 0) is 37.6 Å². The van der Waals surface area contributed by atoms with Crippen LogP contribution in [0.1, 0.15) is 29.4 Å². The molecule has 1 aliphatic heterocycles. The summed E-state index contributed by atoms with van der Waals surface area (Å²) in [7, 11) is 3.56. The van der Waals surface area contributed by atoms with E-state index in [1.807, 2.05) is 13.0 Å². The zero-order chi connectivity index (χ0) is 15.7. The van der Waals surface area contributed by atoms with Crippen molar-refractivity contribution in [3.05, 3.63) is 47.3 Å². The minimum Gasteiger partial charge on any atom is -0.494 e. The van der Waals surface area contributed by atoms with Gasteiger partial charge in [-0.15, -0.1) is 0 Å². The van der Waals surface area contributed by atoms with Crippen molar-refractivity contribution in [3.63, 3.8) is 0 Å². The summed E-state index contributed by atoms with van der Waals surface area (Å²) in [5.41, 5.74) is 2.15. The maximum Gasteiger partial charge on any atom is 0.165 e. The number of aromatic nitrogens is 2. The van der Waals surface area contributed by atoms with Gasteiger partial charge >= 0.3 is 0 Å². The summed E-state index contributed by atoms with van der Waals surface area (Å²) < 4.78 is 20.6. The van der Waals surface area contributed by atoms with E-state index in [1.165, 1.54) is 13.2 Å². The van der Waals surface area contributed by atoms with Crippen molar-refractivity contribution in [1.82, 2.24) is 14.5 Å². The van der Waals surface area contributed by atoms with Crippen LogP contribution >= 0.6 is 0 Å². The maximum absolute atomic E-state index is 13.5. The molecule has 3 rings (SSSR count). The quantitative estimate of drug-likeness (QED) is 0.870. The fraction of sp³-hybridized carbons (Fsp3) is 0.471. The Hall–Kier alpha value is -1.88. The molecule has 1 saturated heterocycles. The van der Waals surface area contributed by atoms with Crippen molar-refractivity contribution >= 4 is 0 Å². The Morgan fingerprint density at radius 2 is 2.23 bits per heavy atom. The van der Waals surface area contributed by atoms with Gasteiger partial charge in [0.05, 0.1) is 12.8 Å². The molecule has 5 heteroatoms. The molecular formula is C17H22FN3O. The number of hydrogen-bond donors (Lipinski definition) is 0. The molecule has 2 aromatic rings. The molecule has 0 radical (unpaired) electrons. The fourth-order valence-electron chi connectivity index (χ4n) is 3.26. The lowest BCUT2D eigenvalue weighted by Gasteiger charge is -2.16. The SMILES string of the molecule is COc1cc(CN2CC[C@H](c3nc(C)cn3C)C2)ccc1F. The van der Waals surface area contributed by atoms with E-state index < -0.39 is 0 Å². The van der Waals surface area contributed by atoms with Crippen LogP contribution in [0.3, 0.4) is 0 Å². The van der Waals surface area contributed by atoms with E-state index in [2.05, 4.69) is 27.7 Å². The number of halogens is 1. The van der Waals surface area contributed by atoms with Crippen LogP contribution in [-0.4, -0.2) is 34.7 Å². The Kier molecular flexibility index (Phi) is 4.16. The van der Waals surface area contributed by atoms with E-state index in [4.69, 9.17) is 4.74 Å². The van der Waals surface area contributed by atoms with Crippen molar-refractivity contribution in [2.24, 2.45) is 7.05 Å². The molecule has 0 spiro atoms. The van der Waals surface area contributed by atoms with Crippen LogP contribution in [0.15, 0.2) is 24.4 Å². The Bertz CT molecular complexity index is 668. The summed E-state index contributed by atoms with van der Waals surface area (Å²) in [6, 6.07) is 5.09. The highest BCUT2D eigenvalue weighted by Gasteiger charge is 2.27. The van der Waals surface area contributed by atoms with E-state index in [0.717, 1.165) is 43.1 Å². The van der Waals surface area contributed by atoms with Crippen LogP contribution in [0.2, 0.25) is 0 Å². The van der Waals surface area contributed by atoms with Gasteiger partial charge in [0.25, 0.3) is 0 Å². The Morgan fingerprint density at radius 1 is 1.41 bits per heavy atom. The molecule has 1 aromatic heterocycles. The van der Waals surface area contributed by atoms with Gasteiger partial charge in [0.2, 0.25) is 0 Å². The molecule has 0 amide bonds. The average Bonchev–Trinajstić information content (AvgIpc) is 3.07. The summed E-state index contributed by atoms with van der Waals surface area (Å²) in [6.07, 6.45) is 3.19. The third kappa shape index (κ3) is 2.99. The lowest BCUT2D eigenvalue weighted by atomic mass is 10.1. The van der Waals surface area contributed by atoms with Crippen molar-refractivity contribution in [2.75, 3.05) is 20.2 Å². The number of methoxy groups -OCH3 is 1. The summed E-state index contributed by atoms with van der Waals surface area (Å²) in [4.78, 5) is 7.03. The van der Waals surface area contributed by atoms with E-state index in [9.17, 15) is 4.39 Å². The minimum atomic E-state index is -0.311. The van der Waals surface area contributed by atoms with Crippen LogP contribution in [0.25, 0.3) is 0 Å². The van der Waals surface area contributed by atoms with E-state index >= 15 is 0 Å². The van der Waals surface area contributed by atoms with E-state index in [0.29, 0.717) is 11.7 Å². The predicted molar refractivity (Wildman–Crippen MR) is 83.5 cm³/mol. The molecule has 2 heterocycles. The minimum absolute atomic E-state index is 0.311. The number of nitrogens with zero attached hydrogens (tertiary/aromatic N) is 3. The van der Waals surface area contributed by atoms with Crippen molar-refractivity contribution in [3.8, 4) is 5.75 Å². The number of hydrogen-bond acceptors (Lipinski definition) is 3. The molecule has 0 saturated carbocycles. The van der Waals surface area contributed by atoms with E-state index in [1.54, 1.807) is 6.07 Å². The maximum atomic E-state index is 13.5. The monoisotopic (exact) mass is 303 g/mol. The fourth-order valence-corrected chi connectivity index (χ4v) is 3.26. The zero-order valence-corrected chi connectivity index (χ0v) is 13.3. The summed E-state index contributed by atoms with van der Waals surface area (Å²) in [6.45, 7) is 4.87. The van der Waals surface area contributed by atoms with Crippen LogP contribution in [0.5, 0.6) is 5.75 Å². The lowest BCUT2D eigenvalue weighted by Crippen LogP contribution is -2.20. The van der Waals surface area contributed by atoms with Gasteiger partial charge in [-0.25, -0.2) is 9.37 Å². The molecule has 4 nitrogen and oxygen atoms in total. The number of aryl methyl sites for hydroxylation is 2. The molecular weight excluding hydrogens is 281 g/mol. The van der Waals surface area contributed by atoms with Crippen LogP contribution in [0, 0.1) is 12.7 Å². The van der Waals surface area contributed by atoms with Crippen LogP contribution < -0.4 is 4.74 Å². The van der Waals surface area contributed by atoms with E-state index in [-0.39, 0.29) is 5.82 Å². The molecule has 1 fully saturated rings. The van der Waals surface area contributed by atoms with Crippen molar-refractivity contribution in [1.29, 1.82) is 0 Å². The van der Waals surface area contributed by atoms with Gasteiger partial charge in [-0.3, -0.25) is 4.90 Å². The molecule has 0 unspecified atom stereocenters. The second-order valence-electron chi connectivity index (χ2n) is 6.04. The topological polar surface area (TPSA) is 30.3 Å². The Morgan fingerprint density at radius 3 is 2.91 bits per heavy atom. The first-order chi connectivity index (χ1) is 10.6. The second kappa shape index (κ2) is 6.08. The van der Waals surface area contributed by atoms with Crippen molar-refractivity contribution in [2.45, 2.75) is 25.8 Å². The summed E-state index contributed by atoms with van der Waals surface area (Å²) >= 11 is 0. The highest BCUT2D eigenvalue weighted by Crippen LogP contribution is 2.28. The number of rotatable bonds is 4. The lowest BCUT2D eigenvalue weighted by molar-refractivity contribution is 0.323. The molecule has 1 aromatic carbocycles. The largest absolute Gasteiger partial charge is 0.494 e. The molecule has 118 valence electrons. The van der Waals surface area contributed by atoms with Gasteiger partial charge in [-0.2, -0.15) is 0 Å². The van der Waals surface area contributed by atoms with Crippen molar-refractivity contribution < 1.29 is 9.13 Å². The molecule has 1 atom stereocenters. The number of ether oxygens (including phenoxy) is 1.